The Hall–Kier alpha value is -0.570. The van der Waals surface area contributed by atoms with E-state index in [0.29, 0.717) is 16.8 Å². The number of ether oxygens (including phenoxy) is 1. The molecule has 64 valence electrons. The molecule has 0 bridgehead atoms. The average molecular weight is 231 g/mol. The van der Waals surface area contributed by atoms with Gasteiger partial charge < -0.3 is 4.74 Å². The summed E-state index contributed by atoms with van der Waals surface area (Å²) in [7, 11) is 0. The number of halogens is 2. The van der Waals surface area contributed by atoms with Gasteiger partial charge in [0, 0.05) is 0 Å². The summed E-state index contributed by atoms with van der Waals surface area (Å²) in [5, 5.41) is 0. The molecule has 0 radical (unpaired) electrons. The van der Waals surface area contributed by atoms with E-state index >= 15 is 0 Å². The van der Waals surface area contributed by atoms with Gasteiger partial charge in [0.2, 0.25) is 0 Å². The third kappa shape index (κ3) is 1.22. The van der Waals surface area contributed by atoms with Gasteiger partial charge in [-0.15, -0.1) is 0 Å². The van der Waals surface area contributed by atoms with Crippen molar-refractivity contribution in [2.75, 3.05) is 6.61 Å². The van der Waals surface area contributed by atoms with Gasteiger partial charge in [0.05, 0.1) is 11.1 Å². The molecule has 0 atom stereocenters. The summed E-state index contributed by atoms with van der Waals surface area (Å²) in [5.41, 5.74) is 1.09. The minimum atomic E-state index is -0.254. The molecule has 1 aromatic carbocycles. The summed E-state index contributed by atoms with van der Waals surface area (Å²) in [6.45, 7) is 0.690. The van der Waals surface area contributed by atoms with Gasteiger partial charge >= 0.3 is 0 Å². The second kappa shape index (κ2) is 3.05. The molecule has 1 heterocycles. The molecule has 0 unspecified atom stereocenters. The maximum atomic E-state index is 13.0. The molecule has 0 aromatic heterocycles. The van der Waals surface area contributed by atoms with E-state index in [0.717, 1.165) is 18.4 Å². The van der Waals surface area contributed by atoms with Crippen LogP contribution in [-0.2, 0) is 6.42 Å². The standard InChI is InChI=1S/C9H8BrFO/c10-8-7(11)4-3-6-2-1-5-12-9(6)8/h3-4H,1-2,5H2. The highest BCUT2D eigenvalue weighted by molar-refractivity contribution is 9.10. The van der Waals surface area contributed by atoms with E-state index in [-0.39, 0.29) is 5.82 Å². The molecule has 1 nitrogen and oxygen atoms in total. The summed E-state index contributed by atoms with van der Waals surface area (Å²) in [5.74, 6) is 0.428. The SMILES string of the molecule is Fc1ccc2c(c1Br)OCCC2. The van der Waals surface area contributed by atoms with E-state index in [2.05, 4.69) is 15.9 Å². The van der Waals surface area contributed by atoms with Crippen molar-refractivity contribution in [2.45, 2.75) is 12.8 Å². The van der Waals surface area contributed by atoms with Crippen LogP contribution in [0.1, 0.15) is 12.0 Å². The number of hydrogen-bond donors (Lipinski definition) is 0. The van der Waals surface area contributed by atoms with Crippen molar-refractivity contribution >= 4 is 15.9 Å². The van der Waals surface area contributed by atoms with Gasteiger partial charge in [-0.05, 0) is 40.4 Å². The molecule has 0 fully saturated rings. The molecule has 1 aromatic rings. The molecule has 0 saturated heterocycles. The van der Waals surface area contributed by atoms with Crippen molar-refractivity contribution in [3.8, 4) is 5.75 Å². The molecule has 1 aliphatic heterocycles. The lowest BCUT2D eigenvalue weighted by Crippen LogP contribution is -2.09. The summed E-state index contributed by atoms with van der Waals surface area (Å²) < 4.78 is 18.8. The highest BCUT2D eigenvalue weighted by atomic mass is 79.9. The lowest BCUT2D eigenvalue weighted by molar-refractivity contribution is 0.284. The number of fused-ring (bicyclic) bond motifs is 1. The second-order valence-electron chi connectivity index (χ2n) is 2.80. The zero-order valence-electron chi connectivity index (χ0n) is 6.44. The first kappa shape index (κ1) is 8.05. The van der Waals surface area contributed by atoms with Gasteiger partial charge in [-0.2, -0.15) is 0 Å². The normalized spacial score (nSPS) is 15.2. The Morgan fingerprint density at radius 1 is 1.42 bits per heavy atom. The summed E-state index contributed by atoms with van der Waals surface area (Å²) >= 11 is 3.17. The van der Waals surface area contributed by atoms with E-state index < -0.39 is 0 Å². The minimum absolute atomic E-state index is 0.254. The Labute approximate surface area is 78.7 Å². The number of benzene rings is 1. The first-order valence-electron chi connectivity index (χ1n) is 3.89. The topological polar surface area (TPSA) is 9.23 Å². The van der Waals surface area contributed by atoms with Crippen molar-refractivity contribution in [2.24, 2.45) is 0 Å². The van der Waals surface area contributed by atoms with Crippen LogP contribution < -0.4 is 4.74 Å². The van der Waals surface area contributed by atoms with E-state index in [4.69, 9.17) is 4.74 Å². The minimum Gasteiger partial charge on any atom is -0.492 e. The van der Waals surface area contributed by atoms with E-state index in [1.54, 1.807) is 6.07 Å². The quantitative estimate of drug-likeness (QED) is 0.667. The first-order chi connectivity index (χ1) is 5.79. The van der Waals surface area contributed by atoms with Gasteiger partial charge in [-0.1, -0.05) is 6.07 Å². The van der Waals surface area contributed by atoms with Gasteiger partial charge in [0.15, 0.2) is 0 Å². The first-order valence-corrected chi connectivity index (χ1v) is 4.68. The Bertz CT molecular complexity index is 312. The van der Waals surface area contributed by atoms with Crippen LogP contribution in [0.5, 0.6) is 5.75 Å². The lowest BCUT2D eigenvalue weighted by Gasteiger charge is -2.18. The predicted octanol–water partition coefficient (Wildman–Crippen LogP) is 2.91. The monoisotopic (exact) mass is 230 g/mol. The molecular formula is C9H8BrFO. The molecule has 0 saturated carbocycles. The Kier molecular flexibility index (Phi) is 2.05. The van der Waals surface area contributed by atoms with Crippen molar-refractivity contribution in [1.82, 2.24) is 0 Å². The fraction of sp³-hybridized carbons (Fsp3) is 0.333. The Morgan fingerprint density at radius 3 is 3.08 bits per heavy atom. The molecule has 12 heavy (non-hydrogen) atoms. The van der Waals surface area contributed by atoms with Crippen LogP contribution in [0.15, 0.2) is 16.6 Å². The summed E-state index contributed by atoms with van der Waals surface area (Å²) in [6, 6.07) is 3.26. The fourth-order valence-corrected chi connectivity index (χ4v) is 1.86. The highest BCUT2D eigenvalue weighted by Crippen LogP contribution is 2.34. The van der Waals surface area contributed by atoms with Gasteiger partial charge in [-0.25, -0.2) is 4.39 Å². The molecule has 2 rings (SSSR count). The Morgan fingerprint density at radius 2 is 2.25 bits per heavy atom. The van der Waals surface area contributed by atoms with Crippen LogP contribution in [-0.4, -0.2) is 6.61 Å². The number of aryl methyl sites for hydroxylation is 1. The summed E-state index contributed by atoms with van der Waals surface area (Å²) in [6.07, 6.45) is 2.00. The number of hydrogen-bond acceptors (Lipinski definition) is 1. The van der Waals surface area contributed by atoms with Crippen molar-refractivity contribution in [1.29, 1.82) is 0 Å². The van der Waals surface area contributed by atoms with E-state index in [9.17, 15) is 4.39 Å². The number of rotatable bonds is 0. The van der Waals surface area contributed by atoms with Crippen LogP contribution in [0.2, 0.25) is 0 Å². The smallest absolute Gasteiger partial charge is 0.141 e. The van der Waals surface area contributed by atoms with Crippen LogP contribution in [0.3, 0.4) is 0 Å². The van der Waals surface area contributed by atoms with Gasteiger partial charge in [-0.3, -0.25) is 0 Å². The van der Waals surface area contributed by atoms with Gasteiger partial charge in [0.25, 0.3) is 0 Å². The average Bonchev–Trinajstić information content (AvgIpc) is 2.12. The van der Waals surface area contributed by atoms with Crippen LogP contribution in [0, 0.1) is 5.82 Å². The maximum Gasteiger partial charge on any atom is 0.141 e. The van der Waals surface area contributed by atoms with Gasteiger partial charge in [0.1, 0.15) is 11.6 Å². The summed E-state index contributed by atoms with van der Waals surface area (Å²) in [4.78, 5) is 0. The van der Waals surface area contributed by atoms with Crippen molar-refractivity contribution in [3.63, 3.8) is 0 Å². The molecule has 0 spiro atoms. The zero-order valence-corrected chi connectivity index (χ0v) is 8.03. The Balaban J connectivity index is 2.54. The van der Waals surface area contributed by atoms with Crippen LogP contribution in [0.4, 0.5) is 4.39 Å². The molecule has 0 amide bonds. The molecular weight excluding hydrogens is 223 g/mol. The largest absolute Gasteiger partial charge is 0.492 e. The zero-order chi connectivity index (χ0) is 8.55. The van der Waals surface area contributed by atoms with Crippen molar-refractivity contribution in [3.05, 3.63) is 28.0 Å². The van der Waals surface area contributed by atoms with Crippen LogP contribution in [0.25, 0.3) is 0 Å². The molecule has 3 heteroatoms. The fourth-order valence-electron chi connectivity index (χ4n) is 1.36. The maximum absolute atomic E-state index is 13.0. The van der Waals surface area contributed by atoms with E-state index in [1.807, 2.05) is 0 Å². The predicted molar refractivity (Wildman–Crippen MR) is 47.9 cm³/mol. The molecule has 0 N–H and O–H groups in total. The van der Waals surface area contributed by atoms with Crippen molar-refractivity contribution < 1.29 is 9.13 Å². The molecule has 0 aliphatic carbocycles. The second-order valence-corrected chi connectivity index (χ2v) is 3.59. The highest BCUT2D eigenvalue weighted by Gasteiger charge is 2.15. The third-order valence-electron chi connectivity index (χ3n) is 1.97. The third-order valence-corrected chi connectivity index (χ3v) is 2.71. The van der Waals surface area contributed by atoms with Crippen LogP contribution >= 0.6 is 15.9 Å². The molecule has 1 aliphatic rings. The lowest BCUT2D eigenvalue weighted by atomic mass is 10.1. The van der Waals surface area contributed by atoms with E-state index in [1.165, 1.54) is 6.07 Å².